The fourth-order valence-electron chi connectivity index (χ4n) is 7.80. The Kier molecular flexibility index (Phi) is 5.63. The molecule has 0 bridgehead atoms. The van der Waals surface area contributed by atoms with Gasteiger partial charge < -0.3 is 9.47 Å². The molecule has 3 aliphatic rings. The van der Waals surface area contributed by atoms with Gasteiger partial charge >= 0.3 is 0 Å². The molecule has 1 N–H and O–H groups in total. The molecule has 10 rings (SSSR count). The molecule has 5 heteroatoms. The van der Waals surface area contributed by atoms with Crippen molar-refractivity contribution in [1.82, 2.24) is 19.9 Å². The molecule has 4 heterocycles. The van der Waals surface area contributed by atoms with Gasteiger partial charge in [0, 0.05) is 22.2 Å². The summed E-state index contributed by atoms with van der Waals surface area (Å²) in [5, 5.41) is 10.3. The Morgan fingerprint density at radius 3 is 1.83 bits per heavy atom. The summed E-state index contributed by atoms with van der Waals surface area (Å²) in [6.07, 6.45) is 0.0885. The second-order valence-corrected chi connectivity index (χ2v) is 12.2. The molecule has 5 nitrogen and oxygen atoms in total. The Morgan fingerprint density at radius 2 is 1.07 bits per heavy atom. The third-order valence-electron chi connectivity index (χ3n) is 9.73. The summed E-state index contributed by atoms with van der Waals surface area (Å²) in [6, 6.07) is 59.2. The monoisotopic (exact) mass is 593 g/mol. The second-order valence-electron chi connectivity index (χ2n) is 12.2. The number of para-hydroxylation sites is 3. The largest absolute Gasteiger partial charge is 0.308 e. The van der Waals surface area contributed by atoms with E-state index in [2.05, 4.69) is 189 Å². The Hall–Kier alpha value is -5.46. The number of nitrogens with one attached hydrogen (secondary N) is 1. The van der Waals surface area contributed by atoms with Gasteiger partial charge in [-0.05, 0) is 41.0 Å². The maximum absolute atomic E-state index is 4.07. The van der Waals surface area contributed by atoms with Crippen LogP contribution in [0.2, 0.25) is 0 Å². The van der Waals surface area contributed by atoms with Gasteiger partial charge in [0.05, 0.1) is 22.6 Å². The molecule has 5 unspecified atom stereocenters. The van der Waals surface area contributed by atoms with E-state index in [4.69, 9.17) is 0 Å². The smallest absolute Gasteiger partial charge is 0.158 e. The molecule has 2 saturated heterocycles. The van der Waals surface area contributed by atoms with Crippen LogP contribution in [0.15, 0.2) is 164 Å². The van der Waals surface area contributed by atoms with Crippen molar-refractivity contribution < 1.29 is 0 Å². The van der Waals surface area contributed by atoms with Gasteiger partial charge in [0.2, 0.25) is 0 Å². The topological polar surface area (TPSA) is 26.2 Å². The van der Waals surface area contributed by atoms with Gasteiger partial charge in [0.25, 0.3) is 0 Å². The molecule has 0 amide bonds. The molecule has 0 radical (unpaired) electrons. The second kappa shape index (κ2) is 10.0. The number of fused-ring (bicyclic) bond motifs is 8. The number of rotatable bonds is 4. The number of hydrazine groups is 1. The molecule has 46 heavy (non-hydrogen) atoms. The summed E-state index contributed by atoms with van der Waals surface area (Å²) in [4.78, 5) is 2.47. The number of hydrogen-bond acceptors (Lipinski definition) is 4. The molecule has 0 spiro atoms. The lowest BCUT2D eigenvalue weighted by Gasteiger charge is -2.27. The van der Waals surface area contributed by atoms with Gasteiger partial charge in [-0.25, -0.2) is 0 Å². The van der Waals surface area contributed by atoms with Crippen molar-refractivity contribution in [1.29, 1.82) is 0 Å². The molecule has 6 aromatic carbocycles. The van der Waals surface area contributed by atoms with Crippen LogP contribution in [0, 0.1) is 0 Å². The average Bonchev–Trinajstić information content (AvgIpc) is 3.65. The summed E-state index contributed by atoms with van der Waals surface area (Å²) in [6.45, 7) is 0. The third-order valence-corrected chi connectivity index (χ3v) is 9.73. The predicted molar refractivity (Wildman–Crippen MR) is 185 cm³/mol. The Balaban J connectivity index is 1.27. The first-order valence-corrected chi connectivity index (χ1v) is 16.0. The van der Waals surface area contributed by atoms with Crippen molar-refractivity contribution in [3.8, 4) is 22.4 Å². The standard InChI is InChI=1S/C41H31N5/c1-4-16-28(17-5-1)39-42-41(46-40(45(39)46)29-18-6-2-7-19-29)44-36-27-15-13-25-34(36)38-37(44)33-24-11-10-22-31(33)32-23-12-14-26-35(32)43(38)30-20-8-3-9-21-30/h1-27,39-42H. The zero-order valence-corrected chi connectivity index (χ0v) is 25.1. The molecular formula is C41H31N5. The van der Waals surface area contributed by atoms with Crippen LogP contribution in [0.1, 0.15) is 29.7 Å². The van der Waals surface area contributed by atoms with Crippen LogP contribution in [0.3, 0.4) is 0 Å². The van der Waals surface area contributed by atoms with Crippen LogP contribution in [0.5, 0.6) is 0 Å². The Labute approximate surface area is 268 Å². The summed E-state index contributed by atoms with van der Waals surface area (Å²) < 4.78 is 2.56. The molecule has 0 saturated carbocycles. The van der Waals surface area contributed by atoms with E-state index in [9.17, 15) is 0 Å². The third kappa shape index (κ3) is 3.68. The zero-order valence-electron chi connectivity index (χ0n) is 25.1. The molecule has 1 aromatic heterocycles. The van der Waals surface area contributed by atoms with Crippen LogP contribution in [0.25, 0.3) is 33.3 Å². The average molecular weight is 594 g/mol. The number of benzene rings is 6. The SMILES string of the molecule is c1ccc(C2NC(n3c4c(c5ccccc53)N(c3ccccc3)c3ccccc3-c3ccccc3-4)N3C(c4ccccc4)N23)cc1. The van der Waals surface area contributed by atoms with Crippen molar-refractivity contribution in [2.45, 2.75) is 18.6 Å². The minimum Gasteiger partial charge on any atom is -0.308 e. The van der Waals surface area contributed by atoms with Crippen molar-refractivity contribution in [3.63, 3.8) is 0 Å². The van der Waals surface area contributed by atoms with Crippen LogP contribution in [-0.2, 0) is 0 Å². The van der Waals surface area contributed by atoms with Crippen LogP contribution in [0.4, 0.5) is 17.1 Å². The summed E-state index contributed by atoms with van der Waals surface area (Å²) in [5.74, 6) is 0. The van der Waals surface area contributed by atoms with Crippen LogP contribution >= 0.6 is 0 Å². The lowest BCUT2D eigenvalue weighted by Crippen LogP contribution is -2.31. The Morgan fingerprint density at radius 1 is 0.478 bits per heavy atom. The number of anilines is 3. The van der Waals surface area contributed by atoms with E-state index in [1.807, 2.05) is 0 Å². The predicted octanol–water partition coefficient (Wildman–Crippen LogP) is 9.75. The first-order valence-electron chi connectivity index (χ1n) is 16.0. The highest BCUT2D eigenvalue weighted by molar-refractivity contribution is 6.12. The van der Waals surface area contributed by atoms with Gasteiger partial charge in [-0.15, -0.1) is 0 Å². The summed E-state index contributed by atoms with van der Waals surface area (Å²) in [7, 11) is 0. The fraction of sp³-hybridized carbons (Fsp3) is 0.0732. The van der Waals surface area contributed by atoms with E-state index in [0.717, 1.165) is 5.69 Å². The number of aromatic nitrogens is 1. The van der Waals surface area contributed by atoms with Gasteiger partial charge in [0.15, 0.2) is 6.29 Å². The first kappa shape index (κ1) is 25.8. The van der Waals surface area contributed by atoms with Crippen molar-refractivity contribution >= 4 is 28.0 Å². The molecule has 5 atom stereocenters. The van der Waals surface area contributed by atoms with Crippen LogP contribution in [-0.4, -0.2) is 14.6 Å². The van der Waals surface area contributed by atoms with E-state index in [1.54, 1.807) is 0 Å². The number of nitrogens with zero attached hydrogens (tertiary/aromatic N) is 4. The van der Waals surface area contributed by atoms with Crippen LogP contribution < -0.4 is 10.2 Å². The highest BCUT2D eigenvalue weighted by atomic mass is 16.0. The van der Waals surface area contributed by atoms with E-state index in [-0.39, 0.29) is 18.6 Å². The molecule has 2 fully saturated rings. The zero-order chi connectivity index (χ0) is 30.2. The van der Waals surface area contributed by atoms with E-state index in [0.29, 0.717) is 0 Å². The fourth-order valence-corrected chi connectivity index (χ4v) is 7.80. The van der Waals surface area contributed by atoms with Gasteiger partial charge in [-0.1, -0.05) is 140 Å². The van der Waals surface area contributed by atoms with Crippen molar-refractivity contribution in [2.75, 3.05) is 4.90 Å². The molecule has 3 aliphatic heterocycles. The van der Waals surface area contributed by atoms with Gasteiger partial charge in [0.1, 0.15) is 12.3 Å². The Bertz CT molecular complexity index is 2230. The van der Waals surface area contributed by atoms with Gasteiger partial charge in [-0.3, -0.25) is 5.32 Å². The normalized spacial score (nSPS) is 22.4. The summed E-state index contributed by atoms with van der Waals surface area (Å²) in [5.41, 5.74) is 12.2. The highest BCUT2D eigenvalue weighted by Gasteiger charge is 2.61. The quantitative estimate of drug-likeness (QED) is 0.206. The molecule has 0 aliphatic carbocycles. The molecule has 220 valence electrons. The maximum atomic E-state index is 4.07. The molecular weight excluding hydrogens is 562 g/mol. The highest BCUT2D eigenvalue weighted by Crippen LogP contribution is 2.60. The lowest BCUT2D eigenvalue weighted by molar-refractivity contribution is 0.253. The minimum absolute atomic E-state index is 0.0386. The van der Waals surface area contributed by atoms with Crippen molar-refractivity contribution in [2.24, 2.45) is 0 Å². The number of hydrogen-bond donors (Lipinski definition) is 1. The van der Waals surface area contributed by atoms with E-state index >= 15 is 0 Å². The minimum atomic E-state index is -0.115. The van der Waals surface area contributed by atoms with E-state index in [1.165, 1.54) is 55.8 Å². The molecule has 7 aromatic rings. The van der Waals surface area contributed by atoms with Gasteiger partial charge in [-0.2, -0.15) is 10.0 Å². The maximum Gasteiger partial charge on any atom is 0.158 e. The first-order chi connectivity index (χ1) is 22.9. The summed E-state index contributed by atoms with van der Waals surface area (Å²) >= 11 is 0. The lowest BCUT2D eigenvalue weighted by atomic mass is 9.97. The van der Waals surface area contributed by atoms with E-state index < -0.39 is 0 Å². The van der Waals surface area contributed by atoms with Crippen molar-refractivity contribution in [3.05, 3.63) is 175 Å².